The monoisotopic (exact) mass is 432 g/mol. The first kappa shape index (κ1) is 21.3. The highest BCUT2D eigenvalue weighted by atomic mass is 16.5. The molecule has 0 bridgehead atoms. The van der Waals surface area contributed by atoms with Gasteiger partial charge in [0.05, 0.1) is 24.5 Å². The lowest BCUT2D eigenvalue weighted by Gasteiger charge is -2.25. The van der Waals surface area contributed by atoms with Crippen molar-refractivity contribution in [2.45, 2.75) is 25.9 Å². The van der Waals surface area contributed by atoms with E-state index < -0.39 is 17.7 Å². The number of aliphatic hydroxyl groups is 1. The molecule has 1 aromatic carbocycles. The number of carbonyl (C=O) groups is 2. The number of aliphatic hydroxyl groups excluding tert-OH is 1. The van der Waals surface area contributed by atoms with Gasteiger partial charge in [-0.05, 0) is 37.1 Å². The summed E-state index contributed by atoms with van der Waals surface area (Å²) in [6.45, 7) is 3.34. The topological polar surface area (TPSA) is 97.6 Å². The van der Waals surface area contributed by atoms with Crippen LogP contribution >= 0.6 is 0 Å². The molecule has 0 spiro atoms. The minimum Gasteiger partial charge on any atom is -0.507 e. The van der Waals surface area contributed by atoms with Gasteiger partial charge in [-0.3, -0.25) is 14.6 Å². The van der Waals surface area contributed by atoms with E-state index in [1.807, 2.05) is 17.7 Å². The van der Waals surface area contributed by atoms with Gasteiger partial charge >= 0.3 is 0 Å². The van der Waals surface area contributed by atoms with Gasteiger partial charge in [-0.2, -0.15) is 0 Å². The van der Waals surface area contributed by atoms with Gasteiger partial charge in [-0.25, -0.2) is 4.98 Å². The third-order valence-corrected chi connectivity index (χ3v) is 5.33. The molecule has 4 rings (SSSR count). The fourth-order valence-electron chi connectivity index (χ4n) is 3.89. The van der Waals surface area contributed by atoms with Gasteiger partial charge in [-0.15, -0.1) is 0 Å². The lowest BCUT2D eigenvalue weighted by atomic mass is 9.96. The van der Waals surface area contributed by atoms with Crippen LogP contribution in [0.3, 0.4) is 0 Å². The minimum absolute atomic E-state index is 0.0549. The maximum atomic E-state index is 13.0. The number of benzene rings is 1. The number of aryl methyl sites for hydroxylation is 1. The quantitative estimate of drug-likeness (QED) is 0.334. The summed E-state index contributed by atoms with van der Waals surface area (Å²) in [6, 6.07) is 9.68. The first-order valence-electron chi connectivity index (χ1n) is 10.5. The molecule has 8 nitrogen and oxygen atoms in total. The normalized spacial score (nSPS) is 17.7. The molecule has 1 aliphatic rings. The molecule has 0 aliphatic carbocycles. The van der Waals surface area contributed by atoms with E-state index in [0.717, 1.165) is 0 Å². The summed E-state index contributed by atoms with van der Waals surface area (Å²) in [4.78, 5) is 35.7. The summed E-state index contributed by atoms with van der Waals surface area (Å²) in [5, 5.41) is 11.1. The van der Waals surface area contributed by atoms with E-state index in [9.17, 15) is 14.7 Å². The Morgan fingerprint density at radius 3 is 2.72 bits per heavy atom. The third-order valence-electron chi connectivity index (χ3n) is 5.33. The number of hydrogen-bond acceptors (Lipinski definition) is 6. The number of Topliss-reactive ketones (excluding diaryl/α,β-unsaturated/α-hetero) is 1. The summed E-state index contributed by atoms with van der Waals surface area (Å²) in [5.74, 6) is -0.993. The van der Waals surface area contributed by atoms with E-state index in [-0.39, 0.29) is 11.3 Å². The zero-order valence-corrected chi connectivity index (χ0v) is 17.7. The molecule has 3 aromatic rings. The standard InChI is InChI=1S/C24H24N4O4/c1-2-32-19-8-3-6-17(14-19)22(29)20-21(18-7-4-9-25-15-18)28(24(31)23(20)30)12-5-11-27-13-10-26-16-27/h3-4,6-10,13-16,21,29H,2,5,11-12H2,1H3/b22-20+. The smallest absolute Gasteiger partial charge is 0.295 e. The van der Waals surface area contributed by atoms with E-state index in [4.69, 9.17) is 4.74 Å². The SMILES string of the molecule is CCOc1cccc(/C(O)=C2\C(=O)C(=O)N(CCCn3ccnc3)C2c2cccnc2)c1. The fraction of sp³-hybridized carbons (Fsp3) is 0.250. The van der Waals surface area contributed by atoms with Crippen LogP contribution in [-0.2, 0) is 16.1 Å². The lowest BCUT2D eigenvalue weighted by Crippen LogP contribution is -2.31. The van der Waals surface area contributed by atoms with Crippen LogP contribution in [0.5, 0.6) is 5.75 Å². The Kier molecular flexibility index (Phi) is 6.30. The third kappa shape index (κ3) is 4.25. The predicted octanol–water partition coefficient (Wildman–Crippen LogP) is 3.19. The fourth-order valence-corrected chi connectivity index (χ4v) is 3.89. The van der Waals surface area contributed by atoms with Gasteiger partial charge in [-0.1, -0.05) is 18.2 Å². The summed E-state index contributed by atoms with van der Waals surface area (Å²) >= 11 is 0. The molecule has 1 N–H and O–H groups in total. The van der Waals surface area contributed by atoms with Crippen molar-refractivity contribution in [3.63, 3.8) is 0 Å². The molecular weight excluding hydrogens is 408 g/mol. The van der Waals surface area contributed by atoms with Gasteiger partial charge in [0, 0.05) is 43.4 Å². The highest BCUT2D eigenvalue weighted by Gasteiger charge is 2.45. The maximum Gasteiger partial charge on any atom is 0.295 e. The van der Waals surface area contributed by atoms with E-state index in [1.54, 1.807) is 61.3 Å². The van der Waals surface area contributed by atoms with Crippen LogP contribution in [0.2, 0.25) is 0 Å². The molecule has 3 heterocycles. The van der Waals surface area contributed by atoms with Crippen molar-refractivity contribution in [2.24, 2.45) is 0 Å². The highest BCUT2D eigenvalue weighted by molar-refractivity contribution is 6.46. The second-order valence-electron chi connectivity index (χ2n) is 7.39. The Bertz CT molecular complexity index is 1130. The first-order chi connectivity index (χ1) is 15.6. The van der Waals surface area contributed by atoms with E-state index in [0.29, 0.717) is 43.0 Å². The van der Waals surface area contributed by atoms with Gasteiger partial charge in [0.25, 0.3) is 11.7 Å². The average Bonchev–Trinajstić information content (AvgIpc) is 3.42. The van der Waals surface area contributed by atoms with Gasteiger partial charge < -0.3 is 19.3 Å². The van der Waals surface area contributed by atoms with Gasteiger partial charge in [0.1, 0.15) is 11.5 Å². The summed E-state index contributed by atoms with van der Waals surface area (Å²) in [5.41, 5.74) is 1.14. The maximum absolute atomic E-state index is 13.0. The Morgan fingerprint density at radius 1 is 1.12 bits per heavy atom. The molecular formula is C24H24N4O4. The van der Waals surface area contributed by atoms with E-state index >= 15 is 0 Å². The summed E-state index contributed by atoms with van der Waals surface area (Å²) in [6.07, 6.45) is 9.11. The molecule has 2 aromatic heterocycles. The van der Waals surface area contributed by atoms with Crippen LogP contribution in [0.15, 0.2) is 73.1 Å². The van der Waals surface area contributed by atoms with Crippen molar-refractivity contribution >= 4 is 17.4 Å². The number of likely N-dealkylation sites (tertiary alicyclic amines) is 1. The number of hydrogen-bond donors (Lipinski definition) is 1. The van der Waals surface area contributed by atoms with E-state index in [2.05, 4.69) is 9.97 Å². The molecule has 1 amide bonds. The zero-order chi connectivity index (χ0) is 22.5. The molecule has 1 atom stereocenters. The molecule has 1 aliphatic heterocycles. The average molecular weight is 432 g/mol. The molecule has 164 valence electrons. The number of rotatable bonds is 8. The van der Waals surface area contributed by atoms with Crippen LogP contribution in [0.4, 0.5) is 0 Å². The summed E-state index contributed by atoms with van der Waals surface area (Å²) in [7, 11) is 0. The Morgan fingerprint density at radius 2 is 2.00 bits per heavy atom. The first-order valence-corrected chi connectivity index (χ1v) is 10.5. The number of amides is 1. The van der Waals surface area contributed by atoms with Crippen LogP contribution < -0.4 is 4.74 Å². The number of ether oxygens (including phenoxy) is 1. The van der Waals surface area contributed by atoms with Crippen LogP contribution in [0.1, 0.15) is 30.5 Å². The largest absolute Gasteiger partial charge is 0.507 e. The molecule has 1 fully saturated rings. The Labute approximate surface area is 185 Å². The van der Waals surface area contributed by atoms with Crippen molar-refractivity contribution in [2.75, 3.05) is 13.2 Å². The molecule has 1 saturated heterocycles. The molecule has 0 saturated carbocycles. The van der Waals surface area contributed by atoms with Crippen molar-refractivity contribution in [3.05, 3.63) is 84.2 Å². The highest BCUT2D eigenvalue weighted by Crippen LogP contribution is 2.39. The number of pyridine rings is 1. The summed E-state index contributed by atoms with van der Waals surface area (Å²) < 4.78 is 7.43. The van der Waals surface area contributed by atoms with Crippen molar-refractivity contribution in [1.82, 2.24) is 19.4 Å². The van der Waals surface area contributed by atoms with Crippen LogP contribution in [0.25, 0.3) is 5.76 Å². The Balaban J connectivity index is 1.71. The second kappa shape index (κ2) is 9.47. The zero-order valence-electron chi connectivity index (χ0n) is 17.7. The van der Waals surface area contributed by atoms with Crippen LogP contribution in [-0.4, -0.2) is 49.4 Å². The van der Waals surface area contributed by atoms with Crippen molar-refractivity contribution < 1.29 is 19.4 Å². The number of carbonyl (C=O) groups excluding carboxylic acids is 2. The second-order valence-corrected chi connectivity index (χ2v) is 7.39. The Hall–Kier alpha value is -3.94. The lowest BCUT2D eigenvalue weighted by molar-refractivity contribution is -0.139. The molecule has 0 radical (unpaired) electrons. The van der Waals surface area contributed by atoms with E-state index in [1.165, 1.54) is 4.90 Å². The number of aromatic nitrogens is 3. The molecule has 32 heavy (non-hydrogen) atoms. The predicted molar refractivity (Wildman–Crippen MR) is 118 cm³/mol. The van der Waals surface area contributed by atoms with Crippen molar-refractivity contribution in [1.29, 1.82) is 0 Å². The van der Waals surface area contributed by atoms with Crippen LogP contribution in [0, 0.1) is 0 Å². The van der Waals surface area contributed by atoms with Gasteiger partial charge in [0.2, 0.25) is 0 Å². The number of imidazole rings is 1. The molecule has 8 heteroatoms. The minimum atomic E-state index is -0.720. The van der Waals surface area contributed by atoms with Crippen molar-refractivity contribution in [3.8, 4) is 5.75 Å². The number of ketones is 1. The van der Waals surface area contributed by atoms with Gasteiger partial charge in [0.15, 0.2) is 0 Å². The number of nitrogens with zero attached hydrogens (tertiary/aromatic N) is 4. The molecule has 1 unspecified atom stereocenters.